The Kier molecular flexibility index (Phi) is 7.27. The third-order valence-electron chi connectivity index (χ3n) is 5.03. The van der Waals surface area contributed by atoms with Gasteiger partial charge in [-0.15, -0.1) is 0 Å². The largest absolute Gasteiger partial charge is 0.379 e. The van der Waals surface area contributed by atoms with Crippen LogP contribution in [0.15, 0.2) is 30.3 Å². The molecule has 1 amide bonds. The number of carbonyl (C=O) groups is 1. The maximum absolute atomic E-state index is 12.7. The van der Waals surface area contributed by atoms with E-state index in [4.69, 9.17) is 9.47 Å². The number of hydrogen-bond acceptors (Lipinski definition) is 4. The summed E-state index contributed by atoms with van der Waals surface area (Å²) in [6.07, 6.45) is 5.20. The van der Waals surface area contributed by atoms with E-state index in [1.807, 2.05) is 30.3 Å². The molecule has 138 valence electrons. The van der Waals surface area contributed by atoms with Gasteiger partial charge in [0.05, 0.1) is 19.3 Å². The molecule has 1 aliphatic carbocycles. The second-order valence-electron chi connectivity index (χ2n) is 6.93. The van der Waals surface area contributed by atoms with E-state index in [1.165, 1.54) is 12.8 Å². The molecule has 1 atom stereocenters. The molecule has 1 aromatic rings. The van der Waals surface area contributed by atoms with E-state index >= 15 is 0 Å². The Balaban J connectivity index is 1.48. The van der Waals surface area contributed by atoms with E-state index in [0.29, 0.717) is 6.54 Å². The standard InChI is InChI=1S/C20H30N2O3/c23-20(21-11-6-12-22-13-15-24-16-14-22)19(17-7-2-1-3-8-17)25-18-9-4-5-10-18/h1-3,7-8,18-19H,4-6,9-16H2,(H,21,23). The summed E-state index contributed by atoms with van der Waals surface area (Å²) in [5.74, 6) is -0.0138. The molecule has 1 aliphatic heterocycles. The number of amides is 1. The summed E-state index contributed by atoms with van der Waals surface area (Å²) in [5, 5.41) is 3.07. The molecule has 1 saturated carbocycles. The molecule has 2 fully saturated rings. The highest BCUT2D eigenvalue weighted by molar-refractivity contribution is 5.82. The van der Waals surface area contributed by atoms with Crippen LogP contribution in [0.25, 0.3) is 0 Å². The lowest BCUT2D eigenvalue weighted by molar-refractivity contribution is -0.137. The highest BCUT2D eigenvalue weighted by Crippen LogP contribution is 2.28. The maximum Gasteiger partial charge on any atom is 0.253 e. The van der Waals surface area contributed by atoms with Crippen molar-refractivity contribution in [1.82, 2.24) is 10.2 Å². The van der Waals surface area contributed by atoms with Crippen LogP contribution < -0.4 is 5.32 Å². The summed E-state index contributed by atoms with van der Waals surface area (Å²) >= 11 is 0. The van der Waals surface area contributed by atoms with Gasteiger partial charge in [0.2, 0.25) is 0 Å². The summed E-state index contributed by atoms with van der Waals surface area (Å²) in [6, 6.07) is 9.86. The van der Waals surface area contributed by atoms with Gasteiger partial charge in [0.25, 0.3) is 5.91 Å². The number of carbonyl (C=O) groups excluding carboxylic acids is 1. The molecule has 1 saturated heterocycles. The van der Waals surface area contributed by atoms with Crippen molar-refractivity contribution in [3.8, 4) is 0 Å². The molecular weight excluding hydrogens is 316 g/mol. The average Bonchev–Trinajstić information content (AvgIpc) is 3.18. The minimum atomic E-state index is -0.493. The molecular formula is C20H30N2O3. The summed E-state index contributed by atoms with van der Waals surface area (Å²) in [6.45, 7) is 5.31. The van der Waals surface area contributed by atoms with Crippen LogP contribution in [0, 0.1) is 0 Å². The number of benzene rings is 1. The number of morpholine rings is 1. The molecule has 25 heavy (non-hydrogen) atoms. The molecule has 3 rings (SSSR count). The lowest BCUT2D eigenvalue weighted by Gasteiger charge is -2.26. The van der Waals surface area contributed by atoms with Crippen LogP contribution in [-0.4, -0.2) is 56.3 Å². The van der Waals surface area contributed by atoms with Gasteiger partial charge in [0.1, 0.15) is 0 Å². The second kappa shape index (κ2) is 9.90. The van der Waals surface area contributed by atoms with Crippen molar-refractivity contribution >= 4 is 5.91 Å². The van der Waals surface area contributed by atoms with E-state index in [9.17, 15) is 4.79 Å². The van der Waals surface area contributed by atoms with Crippen molar-refractivity contribution in [1.29, 1.82) is 0 Å². The average molecular weight is 346 g/mol. The Morgan fingerprint density at radius 1 is 1.20 bits per heavy atom. The van der Waals surface area contributed by atoms with Gasteiger partial charge in [-0.2, -0.15) is 0 Å². The predicted molar refractivity (Wildman–Crippen MR) is 97.4 cm³/mol. The monoisotopic (exact) mass is 346 g/mol. The molecule has 0 spiro atoms. The molecule has 1 heterocycles. The van der Waals surface area contributed by atoms with Crippen LogP contribution in [0.4, 0.5) is 0 Å². The first kappa shape index (κ1) is 18.4. The third-order valence-corrected chi connectivity index (χ3v) is 5.03. The van der Waals surface area contributed by atoms with Gasteiger partial charge in [0.15, 0.2) is 6.10 Å². The van der Waals surface area contributed by atoms with Gasteiger partial charge < -0.3 is 14.8 Å². The Hall–Kier alpha value is -1.43. The van der Waals surface area contributed by atoms with Crippen molar-refractivity contribution < 1.29 is 14.3 Å². The quantitative estimate of drug-likeness (QED) is 0.735. The first-order valence-corrected chi connectivity index (χ1v) is 9.61. The number of rotatable bonds is 8. The minimum absolute atomic E-state index is 0.0138. The number of hydrogen-bond donors (Lipinski definition) is 1. The molecule has 1 aromatic carbocycles. The van der Waals surface area contributed by atoms with Gasteiger partial charge in [-0.1, -0.05) is 43.2 Å². The fourth-order valence-corrected chi connectivity index (χ4v) is 3.57. The smallest absolute Gasteiger partial charge is 0.253 e. The zero-order valence-electron chi connectivity index (χ0n) is 15.0. The highest BCUT2D eigenvalue weighted by Gasteiger charge is 2.26. The lowest BCUT2D eigenvalue weighted by Crippen LogP contribution is -2.39. The molecule has 0 aromatic heterocycles. The van der Waals surface area contributed by atoms with Gasteiger partial charge >= 0.3 is 0 Å². The summed E-state index contributed by atoms with van der Waals surface area (Å²) in [5.41, 5.74) is 0.945. The number of nitrogens with one attached hydrogen (secondary N) is 1. The van der Waals surface area contributed by atoms with Crippen molar-refractivity contribution in [2.45, 2.75) is 44.3 Å². The molecule has 5 heteroatoms. The Morgan fingerprint density at radius 3 is 2.64 bits per heavy atom. The van der Waals surface area contributed by atoms with Crippen molar-refractivity contribution in [2.24, 2.45) is 0 Å². The van der Waals surface area contributed by atoms with E-state index in [0.717, 1.165) is 57.7 Å². The van der Waals surface area contributed by atoms with Crippen LogP contribution in [-0.2, 0) is 14.3 Å². The van der Waals surface area contributed by atoms with Crippen LogP contribution in [0.3, 0.4) is 0 Å². The van der Waals surface area contributed by atoms with Gasteiger partial charge in [-0.25, -0.2) is 0 Å². The topological polar surface area (TPSA) is 50.8 Å². The molecule has 5 nitrogen and oxygen atoms in total. The van der Waals surface area contributed by atoms with Crippen molar-refractivity contribution in [3.63, 3.8) is 0 Å². The Bertz CT molecular complexity index is 511. The van der Waals surface area contributed by atoms with Gasteiger partial charge in [-0.3, -0.25) is 9.69 Å². The molecule has 2 aliphatic rings. The Morgan fingerprint density at radius 2 is 1.92 bits per heavy atom. The fourth-order valence-electron chi connectivity index (χ4n) is 3.57. The number of ether oxygens (including phenoxy) is 2. The van der Waals surface area contributed by atoms with E-state index in [-0.39, 0.29) is 12.0 Å². The van der Waals surface area contributed by atoms with Gasteiger partial charge in [0, 0.05) is 19.6 Å². The normalized spacial score (nSPS) is 20.5. The third kappa shape index (κ3) is 5.80. The first-order chi connectivity index (χ1) is 12.3. The number of nitrogens with zero attached hydrogens (tertiary/aromatic N) is 1. The van der Waals surface area contributed by atoms with E-state index in [1.54, 1.807) is 0 Å². The molecule has 1 unspecified atom stereocenters. The van der Waals surface area contributed by atoms with Crippen molar-refractivity contribution in [2.75, 3.05) is 39.4 Å². The highest BCUT2D eigenvalue weighted by atomic mass is 16.5. The minimum Gasteiger partial charge on any atom is -0.379 e. The maximum atomic E-state index is 12.7. The lowest BCUT2D eigenvalue weighted by atomic mass is 10.1. The van der Waals surface area contributed by atoms with Crippen LogP contribution in [0.5, 0.6) is 0 Å². The summed E-state index contributed by atoms with van der Waals surface area (Å²) in [4.78, 5) is 15.1. The van der Waals surface area contributed by atoms with E-state index < -0.39 is 6.10 Å². The van der Waals surface area contributed by atoms with E-state index in [2.05, 4.69) is 10.2 Å². The molecule has 0 radical (unpaired) electrons. The molecule has 1 N–H and O–H groups in total. The zero-order valence-corrected chi connectivity index (χ0v) is 15.0. The Labute approximate surface area is 150 Å². The summed E-state index contributed by atoms with van der Waals surface area (Å²) < 4.78 is 11.5. The summed E-state index contributed by atoms with van der Waals surface area (Å²) in [7, 11) is 0. The SMILES string of the molecule is O=C(NCCCN1CCOCC1)C(OC1CCCC1)c1ccccc1. The fraction of sp³-hybridized carbons (Fsp3) is 0.650. The predicted octanol–water partition coefficient (Wildman–Crippen LogP) is 2.53. The zero-order chi connectivity index (χ0) is 17.3. The van der Waals surface area contributed by atoms with Gasteiger partial charge in [-0.05, 0) is 31.4 Å². The van der Waals surface area contributed by atoms with Crippen LogP contribution in [0.2, 0.25) is 0 Å². The van der Waals surface area contributed by atoms with Crippen LogP contribution in [0.1, 0.15) is 43.8 Å². The van der Waals surface area contributed by atoms with Crippen molar-refractivity contribution in [3.05, 3.63) is 35.9 Å². The van der Waals surface area contributed by atoms with Crippen LogP contribution >= 0.6 is 0 Å². The molecule has 0 bridgehead atoms. The second-order valence-corrected chi connectivity index (χ2v) is 6.93. The first-order valence-electron chi connectivity index (χ1n) is 9.61.